The van der Waals surface area contributed by atoms with Crippen LogP contribution < -0.4 is 10.1 Å². The Morgan fingerprint density at radius 1 is 1.21 bits per heavy atom. The molecular formula is C18H15ClN4O4S. The van der Waals surface area contributed by atoms with E-state index in [0.717, 1.165) is 23.2 Å². The summed E-state index contributed by atoms with van der Waals surface area (Å²) in [6.45, 7) is 0.536. The standard InChI is InChI=1S/C18H15ClN4O4S/c19-15-9-8-12(23(25)26)11-14(15)17(24)20-18-22-21-16(28-18)7-4-10-27-13-5-2-1-3-6-13/h1-3,5-6,8-9,11H,4,7,10H2,(H,20,22,24). The van der Waals surface area contributed by atoms with Gasteiger partial charge < -0.3 is 4.74 Å². The molecule has 1 amide bonds. The van der Waals surface area contributed by atoms with E-state index >= 15 is 0 Å². The molecule has 0 saturated carbocycles. The number of nitro benzene ring substituents is 1. The molecule has 144 valence electrons. The van der Waals surface area contributed by atoms with Gasteiger partial charge in [0.25, 0.3) is 11.6 Å². The lowest BCUT2D eigenvalue weighted by atomic mass is 10.2. The van der Waals surface area contributed by atoms with Crippen LogP contribution >= 0.6 is 22.9 Å². The quantitative estimate of drug-likeness (QED) is 0.330. The molecule has 1 N–H and O–H groups in total. The number of aryl methyl sites for hydroxylation is 1. The van der Waals surface area contributed by atoms with Crippen LogP contribution in [0.2, 0.25) is 5.02 Å². The lowest BCUT2D eigenvalue weighted by Gasteiger charge is -2.04. The van der Waals surface area contributed by atoms with Gasteiger partial charge in [-0.15, -0.1) is 10.2 Å². The maximum atomic E-state index is 12.3. The lowest BCUT2D eigenvalue weighted by molar-refractivity contribution is -0.384. The number of nitrogens with zero attached hydrogens (tertiary/aromatic N) is 3. The second-order valence-corrected chi connectivity index (χ2v) is 7.11. The van der Waals surface area contributed by atoms with E-state index in [4.69, 9.17) is 16.3 Å². The van der Waals surface area contributed by atoms with Crippen molar-refractivity contribution in [2.75, 3.05) is 11.9 Å². The Bertz CT molecular complexity index is 981. The Kier molecular flexibility index (Phi) is 6.51. The zero-order valence-electron chi connectivity index (χ0n) is 14.5. The average molecular weight is 419 g/mol. The fourth-order valence-corrected chi connectivity index (χ4v) is 3.28. The van der Waals surface area contributed by atoms with Gasteiger partial charge in [-0.3, -0.25) is 20.2 Å². The molecule has 8 nitrogen and oxygen atoms in total. The molecule has 1 heterocycles. The summed E-state index contributed by atoms with van der Waals surface area (Å²) in [6, 6.07) is 13.2. The summed E-state index contributed by atoms with van der Waals surface area (Å²) in [6.07, 6.45) is 1.39. The molecule has 1 aromatic heterocycles. The number of amides is 1. The number of para-hydroxylation sites is 1. The molecule has 0 unspecified atom stereocenters. The molecule has 0 aliphatic rings. The van der Waals surface area contributed by atoms with E-state index in [-0.39, 0.29) is 16.3 Å². The molecule has 0 spiro atoms. The first-order chi connectivity index (χ1) is 13.5. The van der Waals surface area contributed by atoms with Crippen LogP contribution in [0.25, 0.3) is 0 Å². The predicted molar refractivity (Wildman–Crippen MR) is 106 cm³/mol. The van der Waals surface area contributed by atoms with Gasteiger partial charge in [0.2, 0.25) is 5.13 Å². The summed E-state index contributed by atoms with van der Waals surface area (Å²) in [7, 11) is 0. The van der Waals surface area contributed by atoms with Gasteiger partial charge in [-0.25, -0.2) is 0 Å². The number of carbonyl (C=O) groups is 1. The monoisotopic (exact) mass is 418 g/mol. The summed E-state index contributed by atoms with van der Waals surface area (Å²) < 4.78 is 5.62. The summed E-state index contributed by atoms with van der Waals surface area (Å²) >= 11 is 7.20. The number of non-ortho nitro benzene ring substituents is 1. The summed E-state index contributed by atoms with van der Waals surface area (Å²) in [5.41, 5.74) is -0.213. The SMILES string of the molecule is O=C(Nc1nnc(CCCOc2ccccc2)s1)c1cc([N+](=O)[O-])ccc1Cl. The molecule has 3 rings (SSSR count). The molecule has 0 radical (unpaired) electrons. The first kappa shape index (κ1) is 19.7. The highest BCUT2D eigenvalue weighted by molar-refractivity contribution is 7.15. The summed E-state index contributed by atoms with van der Waals surface area (Å²) in [4.78, 5) is 22.6. The Labute approximate surface area is 169 Å². The number of hydrogen-bond acceptors (Lipinski definition) is 7. The van der Waals surface area contributed by atoms with Crippen molar-refractivity contribution in [1.29, 1.82) is 0 Å². The molecule has 0 atom stereocenters. The van der Waals surface area contributed by atoms with Crippen LogP contribution in [0.3, 0.4) is 0 Å². The first-order valence-corrected chi connectivity index (χ1v) is 9.48. The molecule has 10 heteroatoms. The van der Waals surface area contributed by atoms with Crippen molar-refractivity contribution in [3.63, 3.8) is 0 Å². The van der Waals surface area contributed by atoms with Gasteiger partial charge in [0, 0.05) is 18.6 Å². The third kappa shape index (κ3) is 5.24. The van der Waals surface area contributed by atoms with Crippen LogP contribution in [0.5, 0.6) is 5.75 Å². The number of anilines is 1. The van der Waals surface area contributed by atoms with E-state index in [2.05, 4.69) is 15.5 Å². The summed E-state index contributed by atoms with van der Waals surface area (Å²) in [5, 5.41) is 22.6. The van der Waals surface area contributed by atoms with E-state index < -0.39 is 10.8 Å². The number of halogens is 1. The van der Waals surface area contributed by atoms with Gasteiger partial charge in [-0.1, -0.05) is 41.1 Å². The Balaban J connectivity index is 1.53. The minimum atomic E-state index is -0.590. The highest BCUT2D eigenvalue weighted by atomic mass is 35.5. The highest BCUT2D eigenvalue weighted by Gasteiger charge is 2.17. The molecule has 0 aliphatic carbocycles. The topological polar surface area (TPSA) is 107 Å². The number of hydrogen-bond donors (Lipinski definition) is 1. The minimum Gasteiger partial charge on any atom is -0.494 e. The number of nitro groups is 1. The zero-order valence-corrected chi connectivity index (χ0v) is 16.1. The van der Waals surface area contributed by atoms with E-state index in [1.807, 2.05) is 30.3 Å². The lowest BCUT2D eigenvalue weighted by Crippen LogP contribution is -2.12. The van der Waals surface area contributed by atoms with Crippen molar-refractivity contribution in [2.24, 2.45) is 0 Å². The van der Waals surface area contributed by atoms with Gasteiger partial charge in [0.05, 0.1) is 22.1 Å². The van der Waals surface area contributed by atoms with E-state index in [1.165, 1.54) is 23.5 Å². The molecule has 3 aromatic rings. The number of aromatic nitrogens is 2. The van der Waals surface area contributed by atoms with Crippen LogP contribution in [0.15, 0.2) is 48.5 Å². The molecule has 0 aliphatic heterocycles. The number of nitrogens with one attached hydrogen (secondary N) is 1. The van der Waals surface area contributed by atoms with Crippen molar-refractivity contribution >= 4 is 39.7 Å². The van der Waals surface area contributed by atoms with Crippen molar-refractivity contribution in [1.82, 2.24) is 10.2 Å². The molecule has 2 aromatic carbocycles. The fourth-order valence-electron chi connectivity index (χ4n) is 2.30. The van der Waals surface area contributed by atoms with Gasteiger partial charge in [0.15, 0.2) is 0 Å². The second kappa shape index (κ2) is 9.25. The predicted octanol–water partition coefficient (Wildman–Crippen LogP) is 4.36. The third-order valence-electron chi connectivity index (χ3n) is 3.64. The minimum absolute atomic E-state index is 0.00359. The van der Waals surface area contributed by atoms with Gasteiger partial charge in [0.1, 0.15) is 10.8 Å². The van der Waals surface area contributed by atoms with Crippen molar-refractivity contribution in [2.45, 2.75) is 12.8 Å². The van der Waals surface area contributed by atoms with Crippen molar-refractivity contribution in [3.05, 3.63) is 74.2 Å². The third-order valence-corrected chi connectivity index (χ3v) is 4.87. The molecule has 0 fully saturated rings. The van der Waals surface area contributed by atoms with Crippen molar-refractivity contribution < 1.29 is 14.5 Å². The number of benzene rings is 2. The maximum absolute atomic E-state index is 12.3. The Morgan fingerprint density at radius 3 is 2.75 bits per heavy atom. The van der Waals surface area contributed by atoms with E-state index in [0.29, 0.717) is 18.2 Å². The van der Waals surface area contributed by atoms with Crippen LogP contribution in [-0.2, 0) is 6.42 Å². The smallest absolute Gasteiger partial charge is 0.270 e. The first-order valence-electron chi connectivity index (χ1n) is 8.28. The van der Waals surface area contributed by atoms with Crippen LogP contribution in [0.1, 0.15) is 21.8 Å². The molecule has 28 heavy (non-hydrogen) atoms. The van der Waals surface area contributed by atoms with Gasteiger partial charge in [-0.05, 0) is 24.6 Å². The molecule has 0 bridgehead atoms. The van der Waals surface area contributed by atoms with Crippen LogP contribution in [-0.4, -0.2) is 27.6 Å². The Morgan fingerprint density at radius 2 is 2.00 bits per heavy atom. The van der Waals surface area contributed by atoms with Gasteiger partial charge >= 0.3 is 0 Å². The van der Waals surface area contributed by atoms with Crippen LogP contribution in [0.4, 0.5) is 10.8 Å². The summed E-state index contributed by atoms with van der Waals surface area (Å²) in [5.74, 6) is 0.227. The number of rotatable bonds is 8. The zero-order chi connectivity index (χ0) is 19.9. The molecule has 0 saturated heterocycles. The second-order valence-electron chi connectivity index (χ2n) is 5.64. The van der Waals surface area contributed by atoms with Crippen molar-refractivity contribution in [3.8, 4) is 5.75 Å². The fraction of sp³-hybridized carbons (Fsp3) is 0.167. The van der Waals surface area contributed by atoms with Crippen LogP contribution in [0, 0.1) is 10.1 Å². The van der Waals surface area contributed by atoms with E-state index in [1.54, 1.807) is 0 Å². The maximum Gasteiger partial charge on any atom is 0.270 e. The average Bonchev–Trinajstić information content (AvgIpc) is 3.13. The number of carbonyl (C=O) groups excluding carboxylic acids is 1. The van der Waals surface area contributed by atoms with E-state index in [9.17, 15) is 14.9 Å². The van der Waals surface area contributed by atoms with Gasteiger partial charge in [-0.2, -0.15) is 0 Å². The number of ether oxygens (including phenoxy) is 1. The molecular weight excluding hydrogens is 404 g/mol. The highest BCUT2D eigenvalue weighted by Crippen LogP contribution is 2.24. The largest absolute Gasteiger partial charge is 0.494 e. The Hall–Kier alpha value is -3.04. The normalized spacial score (nSPS) is 10.5.